The number of rotatable bonds is 4. The fourth-order valence-corrected chi connectivity index (χ4v) is 1.49. The number of hydrogen-bond donors (Lipinski definition) is 2. The number of carbonyl (C=O) groups excluding carboxylic acids is 2. The fraction of sp³-hybridized carbons (Fsp3) is 0.385. The minimum absolute atomic E-state index is 0.0851. The Morgan fingerprint density at radius 1 is 1.39 bits per heavy atom. The summed E-state index contributed by atoms with van der Waals surface area (Å²) in [6.45, 7) is 2.27. The highest BCUT2D eigenvalue weighted by Gasteiger charge is 2.13. The molecular formula is C13H19N3O2. The number of nitrogens with two attached hydrogens (primary N) is 1. The van der Waals surface area contributed by atoms with Crippen molar-refractivity contribution in [1.29, 1.82) is 0 Å². The third-order valence-corrected chi connectivity index (χ3v) is 2.83. The van der Waals surface area contributed by atoms with E-state index in [2.05, 4.69) is 5.32 Å². The van der Waals surface area contributed by atoms with Gasteiger partial charge in [-0.1, -0.05) is 6.07 Å². The van der Waals surface area contributed by atoms with Crippen LogP contribution >= 0.6 is 0 Å². The molecule has 2 amide bonds. The van der Waals surface area contributed by atoms with E-state index in [1.165, 1.54) is 4.90 Å². The van der Waals surface area contributed by atoms with Crippen LogP contribution < -0.4 is 11.1 Å². The maximum Gasteiger partial charge on any atom is 0.253 e. The summed E-state index contributed by atoms with van der Waals surface area (Å²) in [5, 5.41) is 2.52. The average molecular weight is 249 g/mol. The summed E-state index contributed by atoms with van der Waals surface area (Å²) >= 11 is 0. The van der Waals surface area contributed by atoms with Crippen LogP contribution in [-0.2, 0) is 4.79 Å². The molecule has 5 heteroatoms. The van der Waals surface area contributed by atoms with Gasteiger partial charge in [0.15, 0.2) is 0 Å². The molecule has 0 heterocycles. The molecule has 0 aliphatic carbocycles. The lowest BCUT2D eigenvalue weighted by atomic mass is 10.1. The summed E-state index contributed by atoms with van der Waals surface area (Å²) in [6, 6.07) is 5.22. The molecule has 98 valence electrons. The number of benzene rings is 1. The Bertz CT molecular complexity index is 458. The molecule has 5 nitrogen and oxygen atoms in total. The van der Waals surface area contributed by atoms with Crippen LogP contribution in [0.5, 0.6) is 0 Å². The second kappa shape index (κ2) is 6.05. The van der Waals surface area contributed by atoms with Gasteiger partial charge < -0.3 is 16.0 Å². The Kier molecular flexibility index (Phi) is 4.71. The van der Waals surface area contributed by atoms with Gasteiger partial charge in [0.2, 0.25) is 5.91 Å². The summed E-state index contributed by atoms with van der Waals surface area (Å²) in [5.41, 5.74) is 7.85. The van der Waals surface area contributed by atoms with Crippen LogP contribution in [0.1, 0.15) is 22.3 Å². The van der Waals surface area contributed by atoms with Crippen molar-refractivity contribution in [2.24, 2.45) is 0 Å². The van der Waals surface area contributed by atoms with E-state index in [0.29, 0.717) is 24.2 Å². The highest BCUT2D eigenvalue weighted by molar-refractivity contribution is 5.95. The number of anilines is 1. The summed E-state index contributed by atoms with van der Waals surface area (Å²) in [6.07, 6.45) is 0.292. The van der Waals surface area contributed by atoms with Gasteiger partial charge in [0.1, 0.15) is 0 Å². The second-order valence-corrected chi connectivity index (χ2v) is 4.22. The van der Waals surface area contributed by atoms with Crippen LogP contribution in [0.25, 0.3) is 0 Å². The molecule has 0 saturated carbocycles. The van der Waals surface area contributed by atoms with Crippen LogP contribution in [0.2, 0.25) is 0 Å². The van der Waals surface area contributed by atoms with E-state index in [1.807, 2.05) is 13.0 Å². The second-order valence-electron chi connectivity index (χ2n) is 4.22. The van der Waals surface area contributed by atoms with Crippen LogP contribution in [0, 0.1) is 6.92 Å². The van der Waals surface area contributed by atoms with Gasteiger partial charge in [-0.3, -0.25) is 9.59 Å². The molecule has 0 radical (unpaired) electrons. The van der Waals surface area contributed by atoms with E-state index >= 15 is 0 Å². The first-order valence-corrected chi connectivity index (χ1v) is 5.78. The zero-order valence-corrected chi connectivity index (χ0v) is 11.0. The lowest BCUT2D eigenvalue weighted by Gasteiger charge is -2.17. The van der Waals surface area contributed by atoms with Crippen molar-refractivity contribution < 1.29 is 9.59 Å². The van der Waals surface area contributed by atoms with Gasteiger partial charge in [0.25, 0.3) is 5.91 Å². The van der Waals surface area contributed by atoms with Gasteiger partial charge in [0, 0.05) is 38.3 Å². The number of nitrogen functional groups attached to an aromatic ring is 1. The predicted octanol–water partition coefficient (Wildman–Crippen LogP) is 0.785. The van der Waals surface area contributed by atoms with Crippen LogP contribution in [-0.4, -0.2) is 37.4 Å². The van der Waals surface area contributed by atoms with Crippen LogP contribution in [0.3, 0.4) is 0 Å². The Morgan fingerprint density at radius 2 is 2.06 bits per heavy atom. The molecular weight excluding hydrogens is 230 g/mol. The minimum Gasteiger partial charge on any atom is -0.398 e. The summed E-state index contributed by atoms with van der Waals surface area (Å²) in [4.78, 5) is 24.7. The third kappa shape index (κ3) is 3.48. The highest BCUT2D eigenvalue weighted by atomic mass is 16.2. The normalized spacial score (nSPS) is 9.94. The first-order chi connectivity index (χ1) is 8.45. The molecule has 0 aliphatic heterocycles. The molecule has 0 fully saturated rings. The lowest BCUT2D eigenvalue weighted by molar-refractivity contribution is -0.120. The van der Waals surface area contributed by atoms with Crippen LogP contribution in [0.4, 0.5) is 5.69 Å². The van der Waals surface area contributed by atoms with Gasteiger partial charge in [-0.15, -0.1) is 0 Å². The smallest absolute Gasteiger partial charge is 0.253 e. The van der Waals surface area contributed by atoms with Crippen molar-refractivity contribution in [2.45, 2.75) is 13.3 Å². The Hall–Kier alpha value is -2.04. The third-order valence-electron chi connectivity index (χ3n) is 2.83. The Morgan fingerprint density at radius 3 is 2.61 bits per heavy atom. The van der Waals surface area contributed by atoms with E-state index in [1.54, 1.807) is 26.2 Å². The number of amides is 2. The van der Waals surface area contributed by atoms with Gasteiger partial charge in [-0.2, -0.15) is 0 Å². The molecule has 1 rings (SSSR count). The zero-order valence-electron chi connectivity index (χ0n) is 11.0. The predicted molar refractivity (Wildman–Crippen MR) is 71.2 cm³/mol. The number of hydrogen-bond acceptors (Lipinski definition) is 3. The molecule has 0 aliphatic rings. The minimum atomic E-state index is -0.134. The van der Waals surface area contributed by atoms with Gasteiger partial charge in [-0.05, 0) is 24.6 Å². The van der Waals surface area contributed by atoms with E-state index in [-0.39, 0.29) is 11.8 Å². The van der Waals surface area contributed by atoms with Gasteiger partial charge >= 0.3 is 0 Å². The first kappa shape index (κ1) is 14.0. The van der Waals surface area contributed by atoms with Crippen molar-refractivity contribution in [3.63, 3.8) is 0 Å². The summed E-state index contributed by atoms with van der Waals surface area (Å²) < 4.78 is 0. The Labute approximate surface area is 107 Å². The summed E-state index contributed by atoms with van der Waals surface area (Å²) in [5.74, 6) is -0.219. The first-order valence-electron chi connectivity index (χ1n) is 5.78. The SMILES string of the molecule is CNC(=O)CCN(C)C(=O)c1ccc(C)c(N)c1. The monoisotopic (exact) mass is 249 g/mol. The molecule has 3 N–H and O–H groups in total. The molecule has 0 spiro atoms. The summed E-state index contributed by atoms with van der Waals surface area (Å²) in [7, 11) is 3.24. The van der Waals surface area contributed by atoms with Gasteiger partial charge in [0.05, 0.1) is 0 Å². The molecule has 18 heavy (non-hydrogen) atoms. The maximum absolute atomic E-state index is 12.0. The highest BCUT2D eigenvalue weighted by Crippen LogP contribution is 2.14. The largest absolute Gasteiger partial charge is 0.398 e. The Balaban J connectivity index is 2.68. The number of aryl methyl sites for hydroxylation is 1. The van der Waals surface area contributed by atoms with Crippen molar-refractivity contribution >= 4 is 17.5 Å². The average Bonchev–Trinajstić information content (AvgIpc) is 2.37. The maximum atomic E-state index is 12.0. The topological polar surface area (TPSA) is 75.4 Å². The lowest BCUT2D eigenvalue weighted by Crippen LogP contribution is -2.31. The number of carbonyl (C=O) groups is 2. The molecule has 0 atom stereocenters. The van der Waals surface area contributed by atoms with E-state index < -0.39 is 0 Å². The molecule has 0 unspecified atom stereocenters. The van der Waals surface area contributed by atoms with E-state index in [4.69, 9.17) is 5.73 Å². The molecule has 0 aromatic heterocycles. The molecule has 1 aromatic rings. The standard InChI is InChI=1S/C13H19N3O2/c1-9-4-5-10(8-11(9)14)13(18)16(3)7-6-12(17)15-2/h4-5,8H,6-7,14H2,1-3H3,(H,15,17). The fourth-order valence-electron chi connectivity index (χ4n) is 1.49. The van der Waals surface area contributed by atoms with Crippen molar-refractivity contribution in [3.8, 4) is 0 Å². The zero-order chi connectivity index (χ0) is 13.7. The van der Waals surface area contributed by atoms with E-state index in [0.717, 1.165) is 5.56 Å². The van der Waals surface area contributed by atoms with Crippen molar-refractivity contribution in [3.05, 3.63) is 29.3 Å². The molecule has 0 bridgehead atoms. The number of nitrogens with one attached hydrogen (secondary N) is 1. The molecule has 1 aromatic carbocycles. The molecule has 0 saturated heterocycles. The van der Waals surface area contributed by atoms with Crippen molar-refractivity contribution in [1.82, 2.24) is 10.2 Å². The van der Waals surface area contributed by atoms with Crippen molar-refractivity contribution in [2.75, 3.05) is 26.4 Å². The van der Waals surface area contributed by atoms with E-state index in [9.17, 15) is 9.59 Å². The van der Waals surface area contributed by atoms with Gasteiger partial charge in [-0.25, -0.2) is 0 Å². The quantitative estimate of drug-likeness (QED) is 0.774. The van der Waals surface area contributed by atoms with Crippen LogP contribution in [0.15, 0.2) is 18.2 Å². The number of nitrogens with zero attached hydrogens (tertiary/aromatic N) is 1.